The van der Waals surface area contributed by atoms with E-state index in [0.717, 1.165) is 23.3 Å². The minimum absolute atomic E-state index is 0.00234. The molecule has 138 valence electrons. The van der Waals surface area contributed by atoms with Gasteiger partial charge < -0.3 is 14.8 Å². The van der Waals surface area contributed by atoms with E-state index < -0.39 is 5.91 Å². The Bertz CT molecular complexity index is 924. The summed E-state index contributed by atoms with van der Waals surface area (Å²) in [4.78, 5) is 12.5. The molecule has 0 unspecified atom stereocenters. The first-order valence-corrected chi connectivity index (χ1v) is 8.96. The molecule has 1 atom stereocenters. The summed E-state index contributed by atoms with van der Waals surface area (Å²) in [6, 6.07) is 13.2. The highest BCUT2D eigenvalue weighted by Crippen LogP contribution is 2.36. The number of benzene rings is 2. The van der Waals surface area contributed by atoms with Crippen molar-refractivity contribution in [2.24, 2.45) is 0 Å². The highest BCUT2D eigenvalue weighted by molar-refractivity contribution is 6.09. The lowest BCUT2D eigenvalue weighted by molar-refractivity contribution is -0.112. The number of nitrogens with one attached hydrogen (secondary N) is 1. The Hall–Kier alpha value is -3.26. The fraction of sp³-hybridized carbons (Fsp3) is 0.273. The van der Waals surface area contributed by atoms with Gasteiger partial charge >= 0.3 is 0 Å². The van der Waals surface area contributed by atoms with Gasteiger partial charge in [0, 0.05) is 23.2 Å². The molecule has 0 saturated heterocycles. The van der Waals surface area contributed by atoms with Crippen LogP contribution in [-0.4, -0.2) is 18.6 Å². The molecule has 27 heavy (non-hydrogen) atoms. The van der Waals surface area contributed by atoms with Crippen molar-refractivity contribution in [3.8, 4) is 17.6 Å². The van der Waals surface area contributed by atoms with Crippen molar-refractivity contribution < 1.29 is 14.3 Å². The smallest absolute Gasteiger partial charge is 0.266 e. The molecule has 1 amide bonds. The summed E-state index contributed by atoms with van der Waals surface area (Å²) in [5, 5.41) is 12.2. The van der Waals surface area contributed by atoms with Crippen LogP contribution in [0.1, 0.15) is 30.5 Å². The summed E-state index contributed by atoms with van der Waals surface area (Å²) in [5.41, 5.74) is 3.47. The van der Waals surface area contributed by atoms with Gasteiger partial charge in [-0.1, -0.05) is 17.7 Å². The molecule has 5 nitrogen and oxygen atoms in total. The molecule has 2 aromatic rings. The summed E-state index contributed by atoms with van der Waals surface area (Å²) in [5.74, 6) is 0.955. The number of rotatable bonds is 5. The van der Waals surface area contributed by atoms with Crippen molar-refractivity contribution >= 4 is 17.7 Å². The number of nitriles is 1. The standard InChI is InChI=1S/C22H22N2O3/c1-4-26-20-11-16-9-15(3)27-21(16)12-17(20)10-18(13-23)22(25)24-19-7-5-14(2)6-8-19/h5-8,10-12,15H,4,9H2,1-3H3,(H,24,25)/b18-10+/t15-/m1/s1. The summed E-state index contributed by atoms with van der Waals surface area (Å²) in [6.45, 7) is 6.37. The van der Waals surface area contributed by atoms with Crippen molar-refractivity contribution in [1.29, 1.82) is 5.26 Å². The lowest BCUT2D eigenvalue weighted by atomic mass is 10.0. The molecule has 0 aliphatic carbocycles. The maximum absolute atomic E-state index is 12.5. The van der Waals surface area contributed by atoms with Crippen molar-refractivity contribution in [3.63, 3.8) is 0 Å². The maximum atomic E-state index is 12.5. The molecule has 0 spiro atoms. The minimum Gasteiger partial charge on any atom is -0.493 e. The van der Waals surface area contributed by atoms with Crippen molar-refractivity contribution in [2.45, 2.75) is 33.3 Å². The summed E-state index contributed by atoms with van der Waals surface area (Å²) in [7, 11) is 0. The van der Waals surface area contributed by atoms with Crippen molar-refractivity contribution in [3.05, 3.63) is 58.7 Å². The predicted molar refractivity (Wildman–Crippen MR) is 105 cm³/mol. The second kappa shape index (κ2) is 7.96. The van der Waals surface area contributed by atoms with Crippen LogP contribution in [0.4, 0.5) is 5.69 Å². The minimum atomic E-state index is -0.460. The second-order valence-corrected chi connectivity index (χ2v) is 6.55. The van der Waals surface area contributed by atoms with E-state index in [1.54, 1.807) is 18.2 Å². The van der Waals surface area contributed by atoms with Gasteiger partial charge in [-0.25, -0.2) is 0 Å². The molecular weight excluding hydrogens is 340 g/mol. The maximum Gasteiger partial charge on any atom is 0.266 e. The number of hydrogen-bond acceptors (Lipinski definition) is 4. The summed E-state index contributed by atoms with van der Waals surface area (Å²) >= 11 is 0. The quantitative estimate of drug-likeness (QED) is 0.637. The molecule has 1 heterocycles. The third-order valence-corrected chi connectivity index (χ3v) is 4.30. The number of amides is 1. The molecular formula is C22H22N2O3. The summed E-state index contributed by atoms with van der Waals surface area (Å²) in [6.07, 6.45) is 2.47. The van der Waals surface area contributed by atoms with Gasteiger partial charge in [0.1, 0.15) is 29.2 Å². The van der Waals surface area contributed by atoms with E-state index in [1.165, 1.54) is 0 Å². The number of nitrogens with zero attached hydrogens (tertiary/aromatic N) is 1. The van der Waals surface area contributed by atoms with E-state index >= 15 is 0 Å². The van der Waals surface area contributed by atoms with Gasteiger partial charge in [0.15, 0.2) is 0 Å². The van der Waals surface area contributed by atoms with Gasteiger partial charge in [0.05, 0.1) is 6.61 Å². The Kier molecular flexibility index (Phi) is 5.46. The molecule has 0 aromatic heterocycles. The van der Waals surface area contributed by atoms with Crippen molar-refractivity contribution in [2.75, 3.05) is 11.9 Å². The first-order valence-electron chi connectivity index (χ1n) is 8.96. The average Bonchev–Trinajstić information content (AvgIpc) is 3.00. The number of fused-ring (bicyclic) bond motifs is 1. The van der Waals surface area contributed by atoms with Crippen molar-refractivity contribution in [1.82, 2.24) is 0 Å². The molecule has 1 N–H and O–H groups in total. The van der Waals surface area contributed by atoms with Crippen LogP contribution in [-0.2, 0) is 11.2 Å². The van der Waals surface area contributed by atoms with Crippen LogP contribution >= 0.6 is 0 Å². The highest BCUT2D eigenvalue weighted by atomic mass is 16.5. The Balaban J connectivity index is 1.90. The van der Waals surface area contributed by atoms with E-state index in [9.17, 15) is 10.1 Å². The van der Waals surface area contributed by atoms with E-state index in [0.29, 0.717) is 23.6 Å². The first kappa shape index (κ1) is 18.5. The van der Waals surface area contributed by atoms with Gasteiger partial charge in [0.2, 0.25) is 0 Å². The fourth-order valence-corrected chi connectivity index (χ4v) is 2.99. The second-order valence-electron chi connectivity index (χ2n) is 6.55. The Labute approximate surface area is 159 Å². The number of hydrogen-bond donors (Lipinski definition) is 1. The average molecular weight is 362 g/mol. The number of ether oxygens (including phenoxy) is 2. The van der Waals surface area contributed by atoms with Gasteiger partial charge in [-0.3, -0.25) is 4.79 Å². The number of carbonyl (C=O) groups is 1. The normalized spacial score (nSPS) is 15.5. The van der Waals surface area contributed by atoms with Crippen LogP contribution in [0.3, 0.4) is 0 Å². The van der Waals surface area contributed by atoms with Crippen LogP contribution in [0, 0.1) is 18.3 Å². The van der Waals surface area contributed by atoms with E-state index in [2.05, 4.69) is 5.32 Å². The molecule has 1 aliphatic heterocycles. The van der Waals surface area contributed by atoms with Crippen LogP contribution in [0.5, 0.6) is 11.5 Å². The topological polar surface area (TPSA) is 71.3 Å². The van der Waals surface area contributed by atoms with Crippen LogP contribution in [0.15, 0.2) is 42.0 Å². The van der Waals surface area contributed by atoms with E-state index in [1.807, 2.05) is 51.1 Å². The van der Waals surface area contributed by atoms with E-state index in [4.69, 9.17) is 9.47 Å². The SMILES string of the molecule is CCOc1cc2c(cc1/C=C(\C#N)C(=O)Nc1ccc(C)cc1)O[C@H](C)C2. The van der Waals surface area contributed by atoms with Crippen LogP contribution < -0.4 is 14.8 Å². The molecule has 1 aliphatic rings. The van der Waals surface area contributed by atoms with Gasteiger partial charge in [0.25, 0.3) is 5.91 Å². The predicted octanol–water partition coefficient (Wildman–Crippen LogP) is 4.26. The third kappa shape index (κ3) is 4.29. The molecule has 0 bridgehead atoms. The van der Waals surface area contributed by atoms with Gasteiger partial charge in [-0.05, 0) is 51.1 Å². The highest BCUT2D eigenvalue weighted by Gasteiger charge is 2.22. The summed E-state index contributed by atoms with van der Waals surface area (Å²) < 4.78 is 11.5. The molecule has 2 aromatic carbocycles. The molecule has 3 rings (SSSR count). The zero-order chi connectivity index (χ0) is 19.4. The number of anilines is 1. The molecule has 0 radical (unpaired) electrons. The zero-order valence-electron chi connectivity index (χ0n) is 15.7. The van der Waals surface area contributed by atoms with Gasteiger partial charge in [-0.15, -0.1) is 0 Å². The Morgan fingerprint density at radius 2 is 2.11 bits per heavy atom. The zero-order valence-corrected chi connectivity index (χ0v) is 15.7. The lowest BCUT2D eigenvalue weighted by Gasteiger charge is -2.11. The monoisotopic (exact) mass is 362 g/mol. The first-order chi connectivity index (χ1) is 13.0. The largest absolute Gasteiger partial charge is 0.493 e. The molecule has 0 fully saturated rings. The Morgan fingerprint density at radius 1 is 1.37 bits per heavy atom. The number of aryl methyl sites for hydroxylation is 1. The third-order valence-electron chi connectivity index (χ3n) is 4.30. The van der Waals surface area contributed by atoms with Gasteiger partial charge in [-0.2, -0.15) is 5.26 Å². The fourth-order valence-electron chi connectivity index (χ4n) is 2.99. The number of carbonyl (C=O) groups excluding carboxylic acids is 1. The Morgan fingerprint density at radius 3 is 2.78 bits per heavy atom. The molecule has 0 saturated carbocycles. The molecule has 5 heteroatoms. The van der Waals surface area contributed by atoms with Crippen LogP contribution in [0.25, 0.3) is 6.08 Å². The van der Waals surface area contributed by atoms with Crippen LogP contribution in [0.2, 0.25) is 0 Å². The lowest BCUT2D eigenvalue weighted by Crippen LogP contribution is -2.13. The van der Waals surface area contributed by atoms with E-state index in [-0.39, 0.29) is 11.7 Å².